The summed E-state index contributed by atoms with van der Waals surface area (Å²) < 4.78 is 5.80. The molecule has 27 heavy (non-hydrogen) atoms. The second-order valence-corrected chi connectivity index (χ2v) is 7.19. The maximum atomic E-state index is 12.9. The third-order valence-electron chi connectivity index (χ3n) is 5.49. The van der Waals surface area contributed by atoms with Crippen LogP contribution in [0.2, 0.25) is 0 Å². The molecule has 2 aliphatic heterocycles. The highest BCUT2D eigenvalue weighted by Crippen LogP contribution is 2.34. The zero-order valence-electron chi connectivity index (χ0n) is 15.5. The summed E-state index contributed by atoms with van der Waals surface area (Å²) in [6.45, 7) is 3.90. The Morgan fingerprint density at radius 2 is 2.19 bits per heavy atom. The molecule has 2 aromatic rings. The van der Waals surface area contributed by atoms with Gasteiger partial charge in [-0.3, -0.25) is 0 Å². The molecule has 0 fully saturated rings. The van der Waals surface area contributed by atoms with E-state index < -0.39 is 0 Å². The fourth-order valence-electron chi connectivity index (χ4n) is 4.08. The molecule has 0 aromatic heterocycles. The number of carbonyl (C=O) groups excluding carboxylic acids is 1. The predicted octanol–water partition coefficient (Wildman–Crippen LogP) is 3.65. The van der Waals surface area contributed by atoms with Crippen LogP contribution in [0.3, 0.4) is 0 Å². The molecule has 1 N–H and O–H groups in total. The van der Waals surface area contributed by atoms with Gasteiger partial charge in [0.1, 0.15) is 5.75 Å². The summed E-state index contributed by atoms with van der Waals surface area (Å²) in [5.41, 5.74) is 5.62. The minimum atomic E-state index is -0.0364. The summed E-state index contributed by atoms with van der Waals surface area (Å²) in [7, 11) is 0. The molecule has 0 bridgehead atoms. The number of nitrogens with one attached hydrogen (secondary N) is 1. The lowest BCUT2D eigenvalue weighted by Crippen LogP contribution is -2.45. The largest absolute Gasteiger partial charge is 0.493 e. The van der Waals surface area contributed by atoms with E-state index in [0.717, 1.165) is 40.8 Å². The molecule has 5 heteroatoms. The Labute approximate surface area is 159 Å². The first-order valence-corrected chi connectivity index (χ1v) is 9.41. The molecule has 2 heterocycles. The van der Waals surface area contributed by atoms with Crippen molar-refractivity contribution in [2.45, 2.75) is 38.8 Å². The number of rotatable bonds is 2. The SMILES string of the molecule is Cc1cccc2c1OCC[C@H]2NC(=O)N1CCc2c(CC#N)cccc2C1. The van der Waals surface area contributed by atoms with Gasteiger partial charge in [-0.2, -0.15) is 5.26 Å². The molecular weight excluding hydrogens is 338 g/mol. The molecule has 0 spiro atoms. The van der Waals surface area contributed by atoms with Crippen molar-refractivity contribution in [1.82, 2.24) is 10.2 Å². The van der Waals surface area contributed by atoms with E-state index in [2.05, 4.69) is 17.5 Å². The van der Waals surface area contributed by atoms with Crippen LogP contribution in [0.25, 0.3) is 0 Å². The Morgan fingerprint density at radius 1 is 1.33 bits per heavy atom. The van der Waals surface area contributed by atoms with E-state index in [1.54, 1.807) is 0 Å². The summed E-state index contributed by atoms with van der Waals surface area (Å²) in [6, 6.07) is 14.3. The maximum absolute atomic E-state index is 12.9. The van der Waals surface area contributed by atoms with Crippen LogP contribution in [-0.4, -0.2) is 24.1 Å². The first-order valence-electron chi connectivity index (χ1n) is 9.41. The van der Waals surface area contributed by atoms with Crippen LogP contribution in [0.15, 0.2) is 36.4 Å². The zero-order chi connectivity index (χ0) is 18.8. The number of hydrogen-bond acceptors (Lipinski definition) is 3. The van der Waals surface area contributed by atoms with Gasteiger partial charge in [0.25, 0.3) is 0 Å². The summed E-state index contributed by atoms with van der Waals surface area (Å²) in [5, 5.41) is 12.2. The van der Waals surface area contributed by atoms with Gasteiger partial charge in [0.05, 0.1) is 25.1 Å². The molecule has 2 aliphatic rings. The number of urea groups is 1. The monoisotopic (exact) mass is 361 g/mol. The van der Waals surface area contributed by atoms with E-state index >= 15 is 0 Å². The van der Waals surface area contributed by atoms with Gasteiger partial charge in [-0.15, -0.1) is 0 Å². The second-order valence-electron chi connectivity index (χ2n) is 7.19. The number of hydrogen-bond donors (Lipinski definition) is 1. The molecule has 2 amide bonds. The summed E-state index contributed by atoms with van der Waals surface area (Å²) in [5.74, 6) is 0.902. The van der Waals surface area contributed by atoms with Gasteiger partial charge in [-0.25, -0.2) is 4.79 Å². The van der Waals surface area contributed by atoms with Crippen molar-refractivity contribution in [3.05, 3.63) is 64.2 Å². The highest BCUT2D eigenvalue weighted by atomic mass is 16.5. The van der Waals surface area contributed by atoms with E-state index in [1.807, 2.05) is 42.2 Å². The average Bonchev–Trinajstić information content (AvgIpc) is 2.69. The normalized spacial score (nSPS) is 17.9. The van der Waals surface area contributed by atoms with Crippen molar-refractivity contribution in [2.75, 3.05) is 13.2 Å². The van der Waals surface area contributed by atoms with Crippen molar-refractivity contribution >= 4 is 6.03 Å². The third-order valence-corrected chi connectivity index (χ3v) is 5.49. The van der Waals surface area contributed by atoms with E-state index in [0.29, 0.717) is 26.1 Å². The van der Waals surface area contributed by atoms with Crippen LogP contribution in [0.1, 0.15) is 40.3 Å². The predicted molar refractivity (Wildman–Crippen MR) is 102 cm³/mol. The Balaban J connectivity index is 1.49. The fourth-order valence-corrected chi connectivity index (χ4v) is 4.08. The number of para-hydroxylation sites is 1. The number of amides is 2. The molecule has 0 radical (unpaired) electrons. The van der Waals surface area contributed by atoms with Gasteiger partial charge in [0, 0.05) is 25.1 Å². The van der Waals surface area contributed by atoms with Crippen molar-refractivity contribution < 1.29 is 9.53 Å². The highest BCUT2D eigenvalue weighted by molar-refractivity contribution is 5.75. The van der Waals surface area contributed by atoms with E-state index in [1.165, 1.54) is 5.56 Å². The first kappa shape index (κ1) is 17.4. The molecule has 0 aliphatic carbocycles. The lowest BCUT2D eigenvalue weighted by molar-refractivity contribution is 0.181. The Morgan fingerprint density at radius 3 is 3.04 bits per heavy atom. The molecule has 0 saturated heterocycles. The van der Waals surface area contributed by atoms with Crippen molar-refractivity contribution in [2.24, 2.45) is 0 Å². The number of aryl methyl sites for hydroxylation is 1. The summed E-state index contributed by atoms with van der Waals surface area (Å²) >= 11 is 0. The number of nitriles is 1. The van der Waals surface area contributed by atoms with E-state index in [9.17, 15) is 4.79 Å². The van der Waals surface area contributed by atoms with Gasteiger partial charge in [-0.1, -0.05) is 36.4 Å². The Bertz CT molecular complexity index is 916. The van der Waals surface area contributed by atoms with Crippen LogP contribution in [0, 0.1) is 18.3 Å². The Kier molecular flexibility index (Phi) is 4.72. The Hall–Kier alpha value is -3.00. The average molecular weight is 361 g/mol. The van der Waals surface area contributed by atoms with E-state index in [-0.39, 0.29) is 12.1 Å². The van der Waals surface area contributed by atoms with Crippen molar-refractivity contribution in [3.63, 3.8) is 0 Å². The minimum absolute atomic E-state index is 0.0209. The third kappa shape index (κ3) is 3.35. The first-order chi connectivity index (χ1) is 13.2. The molecule has 4 rings (SSSR count). The van der Waals surface area contributed by atoms with Crippen molar-refractivity contribution in [1.29, 1.82) is 5.26 Å². The maximum Gasteiger partial charge on any atom is 0.318 e. The number of nitrogens with zero attached hydrogens (tertiary/aromatic N) is 2. The van der Waals surface area contributed by atoms with Gasteiger partial charge < -0.3 is 15.0 Å². The second kappa shape index (κ2) is 7.32. The number of carbonyl (C=O) groups is 1. The van der Waals surface area contributed by atoms with Crippen LogP contribution in [0.5, 0.6) is 5.75 Å². The molecule has 2 aromatic carbocycles. The van der Waals surface area contributed by atoms with Crippen LogP contribution >= 0.6 is 0 Å². The quantitative estimate of drug-likeness (QED) is 0.888. The molecule has 5 nitrogen and oxygen atoms in total. The lowest BCUT2D eigenvalue weighted by Gasteiger charge is -2.33. The topological polar surface area (TPSA) is 65.4 Å². The van der Waals surface area contributed by atoms with Crippen LogP contribution < -0.4 is 10.1 Å². The van der Waals surface area contributed by atoms with Gasteiger partial charge in [-0.05, 0) is 35.6 Å². The van der Waals surface area contributed by atoms with Gasteiger partial charge in [0.15, 0.2) is 0 Å². The molecule has 0 unspecified atom stereocenters. The summed E-state index contributed by atoms with van der Waals surface area (Å²) in [6.07, 6.45) is 2.00. The van der Waals surface area contributed by atoms with E-state index in [4.69, 9.17) is 10.00 Å². The van der Waals surface area contributed by atoms with Crippen LogP contribution in [0.4, 0.5) is 4.79 Å². The van der Waals surface area contributed by atoms with Crippen LogP contribution in [-0.2, 0) is 19.4 Å². The number of ether oxygens (including phenoxy) is 1. The smallest absolute Gasteiger partial charge is 0.318 e. The molecule has 1 atom stereocenters. The number of fused-ring (bicyclic) bond motifs is 2. The fraction of sp³-hybridized carbons (Fsp3) is 0.364. The standard InChI is InChI=1S/C22H23N3O2/c1-15-4-2-7-19-20(10-13-27-21(15)19)24-22(26)25-12-9-18-16(8-11-23)5-3-6-17(18)14-25/h2-7,20H,8-10,12-14H2,1H3,(H,24,26)/t20-/m1/s1. The molecule has 138 valence electrons. The summed E-state index contributed by atoms with van der Waals surface area (Å²) in [4.78, 5) is 14.8. The zero-order valence-corrected chi connectivity index (χ0v) is 15.5. The highest BCUT2D eigenvalue weighted by Gasteiger charge is 2.28. The lowest BCUT2D eigenvalue weighted by atomic mass is 9.93. The molecular formula is C22H23N3O2. The minimum Gasteiger partial charge on any atom is -0.493 e. The molecule has 0 saturated carbocycles. The van der Waals surface area contributed by atoms with Crippen molar-refractivity contribution in [3.8, 4) is 11.8 Å². The number of benzene rings is 2. The van der Waals surface area contributed by atoms with Gasteiger partial charge >= 0.3 is 6.03 Å². The van der Waals surface area contributed by atoms with Gasteiger partial charge in [0.2, 0.25) is 0 Å².